The molecule has 0 radical (unpaired) electrons. The van der Waals surface area contributed by atoms with E-state index in [4.69, 9.17) is 0 Å². The summed E-state index contributed by atoms with van der Waals surface area (Å²) in [6, 6.07) is 0. The van der Waals surface area contributed by atoms with Crippen LogP contribution < -0.4 is 10.6 Å². The molecular formula is C9H14N2O. The topological polar surface area (TPSA) is 41.1 Å². The highest BCUT2D eigenvalue weighted by Crippen LogP contribution is 1.91. The van der Waals surface area contributed by atoms with E-state index in [9.17, 15) is 4.79 Å². The number of nitrogens with one attached hydrogen (secondary N) is 2. The van der Waals surface area contributed by atoms with Crippen molar-refractivity contribution in [1.29, 1.82) is 0 Å². The first-order chi connectivity index (χ1) is 5.89. The Morgan fingerprint density at radius 3 is 3.08 bits per heavy atom. The zero-order valence-corrected chi connectivity index (χ0v) is 7.15. The van der Waals surface area contributed by atoms with Crippen LogP contribution in [-0.2, 0) is 4.79 Å². The van der Waals surface area contributed by atoms with Gasteiger partial charge in [0.25, 0.3) is 0 Å². The Hall–Kier alpha value is -1.01. The fraction of sp³-hybridized carbons (Fsp3) is 0.667. The molecule has 0 aromatic rings. The summed E-state index contributed by atoms with van der Waals surface area (Å²) in [4.78, 5) is 11.0. The summed E-state index contributed by atoms with van der Waals surface area (Å²) < 4.78 is 0. The molecule has 12 heavy (non-hydrogen) atoms. The van der Waals surface area contributed by atoms with Gasteiger partial charge in [-0.05, 0) is 12.8 Å². The molecule has 3 heteroatoms. The Balaban J connectivity index is 2.29. The smallest absolute Gasteiger partial charge is 0.233 e. The van der Waals surface area contributed by atoms with Gasteiger partial charge >= 0.3 is 0 Å². The molecule has 0 atom stereocenters. The highest BCUT2D eigenvalue weighted by molar-refractivity contribution is 5.77. The minimum Gasteiger partial charge on any atom is -0.355 e. The summed E-state index contributed by atoms with van der Waals surface area (Å²) in [6.07, 6.45) is 3.05. The van der Waals surface area contributed by atoms with E-state index in [0.29, 0.717) is 13.1 Å². The molecule has 0 unspecified atom stereocenters. The van der Waals surface area contributed by atoms with Gasteiger partial charge < -0.3 is 5.32 Å². The fourth-order valence-electron chi connectivity index (χ4n) is 1.02. The molecule has 0 saturated carbocycles. The van der Waals surface area contributed by atoms with E-state index in [1.807, 2.05) is 0 Å². The maximum absolute atomic E-state index is 11.0. The molecular weight excluding hydrogens is 152 g/mol. The Kier molecular flexibility index (Phi) is 4.25. The number of hydrogen-bond donors (Lipinski definition) is 2. The molecule has 66 valence electrons. The molecule has 1 aliphatic heterocycles. The zero-order valence-electron chi connectivity index (χ0n) is 7.15. The Morgan fingerprint density at radius 1 is 1.25 bits per heavy atom. The predicted molar refractivity (Wildman–Crippen MR) is 47.5 cm³/mol. The molecule has 0 aromatic carbocycles. The second-order valence-corrected chi connectivity index (χ2v) is 2.76. The third-order valence-electron chi connectivity index (χ3n) is 1.67. The molecule has 0 fully saturated rings. The molecule has 1 heterocycles. The van der Waals surface area contributed by atoms with E-state index >= 15 is 0 Å². The van der Waals surface area contributed by atoms with Crippen molar-refractivity contribution >= 4 is 5.91 Å². The van der Waals surface area contributed by atoms with E-state index in [-0.39, 0.29) is 5.91 Å². The first kappa shape index (κ1) is 9.08. The van der Waals surface area contributed by atoms with Crippen LogP contribution in [0.4, 0.5) is 0 Å². The van der Waals surface area contributed by atoms with E-state index in [1.165, 1.54) is 0 Å². The maximum atomic E-state index is 11.0. The van der Waals surface area contributed by atoms with Gasteiger partial charge in [-0.3, -0.25) is 10.1 Å². The van der Waals surface area contributed by atoms with Crippen LogP contribution in [0.5, 0.6) is 0 Å². The first-order valence-electron chi connectivity index (χ1n) is 4.33. The molecule has 0 aromatic heterocycles. The quantitative estimate of drug-likeness (QED) is 0.493. The predicted octanol–water partition coefficient (Wildman–Crippen LogP) is -0.121. The molecule has 3 nitrogen and oxygen atoms in total. The van der Waals surface area contributed by atoms with Crippen molar-refractivity contribution in [3.8, 4) is 11.8 Å². The molecule has 1 rings (SSSR count). The Labute approximate surface area is 72.9 Å². The highest BCUT2D eigenvalue weighted by atomic mass is 16.1. The van der Waals surface area contributed by atoms with Gasteiger partial charge in [0.05, 0.1) is 13.1 Å². The van der Waals surface area contributed by atoms with E-state index < -0.39 is 0 Å². The van der Waals surface area contributed by atoms with Crippen LogP contribution in [0.15, 0.2) is 0 Å². The third-order valence-corrected chi connectivity index (χ3v) is 1.67. The summed E-state index contributed by atoms with van der Waals surface area (Å²) in [5.41, 5.74) is 0. The highest BCUT2D eigenvalue weighted by Gasteiger charge is 1.98. The third kappa shape index (κ3) is 3.99. The normalized spacial score (nSPS) is 19.8. The number of amides is 1. The minimum absolute atomic E-state index is 0.0682. The molecule has 0 spiro atoms. The second-order valence-electron chi connectivity index (χ2n) is 2.76. The van der Waals surface area contributed by atoms with Crippen LogP contribution in [0.2, 0.25) is 0 Å². The van der Waals surface area contributed by atoms with Crippen LogP contribution in [0, 0.1) is 11.8 Å². The average Bonchev–Trinajstić information content (AvgIpc) is 2.11. The van der Waals surface area contributed by atoms with Crippen molar-refractivity contribution in [2.45, 2.75) is 19.3 Å². The largest absolute Gasteiger partial charge is 0.355 e. The van der Waals surface area contributed by atoms with Crippen LogP contribution in [0.3, 0.4) is 0 Å². The van der Waals surface area contributed by atoms with Gasteiger partial charge in [0.15, 0.2) is 0 Å². The fourth-order valence-corrected chi connectivity index (χ4v) is 1.02. The molecule has 0 bridgehead atoms. The van der Waals surface area contributed by atoms with Crippen molar-refractivity contribution in [3.05, 3.63) is 0 Å². The van der Waals surface area contributed by atoms with Crippen molar-refractivity contribution in [2.24, 2.45) is 0 Å². The van der Waals surface area contributed by atoms with Crippen molar-refractivity contribution < 1.29 is 4.79 Å². The lowest BCUT2D eigenvalue weighted by atomic mass is 10.2. The van der Waals surface area contributed by atoms with E-state index in [1.54, 1.807) is 0 Å². The second kappa shape index (κ2) is 5.62. The van der Waals surface area contributed by atoms with Crippen LogP contribution in [0.1, 0.15) is 19.3 Å². The molecule has 0 aliphatic carbocycles. The lowest BCUT2D eigenvalue weighted by Crippen LogP contribution is -2.34. The van der Waals surface area contributed by atoms with Crippen molar-refractivity contribution in [3.63, 3.8) is 0 Å². The molecule has 2 N–H and O–H groups in total. The zero-order chi connectivity index (χ0) is 8.65. The average molecular weight is 166 g/mol. The number of rotatable bonds is 0. The monoisotopic (exact) mass is 166 g/mol. The summed E-state index contributed by atoms with van der Waals surface area (Å²) in [5.74, 6) is 6.08. The van der Waals surface area contributed by atoms with Gasteiger partial charge in [-0.1, -0.05) is 5.92 Å². The first-order valence-corrected chi connectivity index (χ1v) is 4.33. The van der Waals surface area contributed by atoms with Gasteiger partial charge in [-0.15, -0.1) is 5.92 Å². The number of carbonyl (C=O) groups excluding carboxylic acids is 1. The summed E-state index contributed by atoms with van der Waals surface area (Å²) in [5, 5.41) is 5.77. The van der Waals surface area contributed by atoms with Gasteiger partial charge in [-0.2, -0.15) is 0 Å². The summed E-state index contributed by atoms with van der Waals surface area (Å²) in [6.45, 7) is 1.78. The van der Waals surface area contributed by atoms with Gasteiger partial charge in [-0.25, -0.2) is 0 Å². The lowest BCUT2D eigenvalue weighted by Gasteiger charge is -2.02. The molecule has 0 saturated heterocycles. The lowest BCUT2D eigenvalue weighted by molar-refractivity contribution is -0.120. The molecule has 1 aliphatic rings. The molecule has 1 amide bonds. The summed E-state index contributed by atoms with van der Waals surface area (Å²) >= 11 is 0. The van der Waals surface area contributed by atoms with Crippen LogP contribution in [-0.4, -0.2) is 25.5 Å². The Morgan fingerprint density at radius 2 is 2.17 bits per heavy atom. The van der Waals surface area contributed by atoms with Crippen molar-refractivity contribution in [2.75, 3.05) is 19.6 Å². The summed E-state index contributed by atoms with van der Waals surface area (Å²) in [7, 11) is 0. The maximum Gasteiger partial charge on any atom is 0.233 e. The van der Waals surface area contributed by atoms with E-state index in [2.05, 4.69) is 22.5 Å². The Bertz CT molecular complexity index is 202. The standard InChI is InChI=1S/C9H14N2O/c12-9-8-10-6-4-2-1-3-5-7-11-9/h10H,1,3,5-8H2,(H,11,12). The van der Waals surface area contributed by atoms with Crippen molar-refractivity contribution in [1.82, 2.24) is 10.6 Å². The van der Waals surface area contributed by atoms with Crippen LogP contribution >= 0.6 is 0 Å². The van der Waals surface area contributed by atoms with Gasteiger partial charge in [0.1, 0.15) is 0 Å². The van der Waals surface area contributed by atoms with E-state index in [0.717, 1.165) is 25.8 Å². The van der Waals surface area contributed by atoms with Crippen LogP contribution in [0.25, 0.3) is 0 Å². The number of carbonyl (C=O) groups is 1. The number of hydrogen-bond acceptors (Lipinski definition) is 2. The van der Waals surface area contributed by atoms with Gasteiger partial charge in [0, 0.05) is 13.0 Å². The minimum atomic E-state index is 0.0682. The van der Waals surface area contributed by atoms with Gasteiger partial charge in [0.2, 0.25) is 5.91 Å². The SMILES string of the molecule is O=C1CNCC#CCCCCN1.